The summed E-state index contributed by atoms with van der Waals surface area (Å²) in [5.41, 5.74) is 9.62. The molecule has 2 aromatic heterocycles. The van der Waals surface area contributed by atoms with Gasteiger partial charge in [-0.15, -0.1) is 0 Å². The van der Waals surface area contributed by atoms with Gasteiger partial charge >= 0.3 is 0 Å². The van der Waals surface area contributed by atoms with Crippen molar-refractivity contribution in [1.82, 2.24) is 14.8 Å². The summed E-state index contributed by atoms with van der Waals surface area (Å²) in [4.78, 5) is 16.7. The summed E-state index contributed by atoms with van der Waals surface area (Å²) in [5.74, 6) is -0.0365. The van der Waals surface area contributed by atoms with Crippen LogP contribution in [0.4, 0.5) is 5.69 Å². The fourth-order valence-corrected chi connectivity index (χ4v) is 2.84. The van der Waals surface area contributed by atoms with E-state index in [1.165, 1.54) is 0 Å². The molecule has 0 radical (unpaired) electrons. The first-order valence-electron chi connectivity index (χ1n) is 7.61. The average molecular weight is 299 g/mol. The predicted octanol–water partition coefficient (Wildman–Crippen LogP) is 2.24. The minimum atomic E-state index is -0.0500. The van der Waals surface area contributed by atoms with Crippen molar-refractivity contribution in [2.24, 2.45) is 18.7 Å². The molecule has 3 heterocycles. The van der Waals surface area contributed by atoms with Gasteiger partial charge in [0.1, 0.15) is 5.69 Å². The van der Waals surface area contributed by atoms with Gasteiger partial charge in [0.15, 0.2) is 0 Å². The maximum absolute atomic E-state index is 12.3. The van der Waals surface area contributed by atoms with Crippen LogP contribution < -0.4 is 11.1 Å². The molecule has 6 heteroatoms. The lowest BCUT2D eigenvalue weighted by atomic mass is 9.96. The van der Waals surface area contributed by atoms with Gasteiger partial charge in [0.05, 0.1) is 17.6 Å². The van der Waals surface area contributed by atoms with Gasteiger partial charge in [0.2, 0.25) is 5.91 Å². The maximum Gasteiger partial charge on any atom is 0.227 e. The molecule has 0 saturated carbocycles. The molecular weight excluding hydrogens is 278 g/mol. The molecule has 1 aliphatic rings. The Morgan fingerprint density at radius 3 is 3.05 bits per heavy atom. The van der Waals surface area contributed by atoms with Crippen LogP contribution in [0.25, 0.3) is 11.4 Å². The van der Waals surface area contributed by atoms with E-state index in [4.69, 9.17) is 5.73 Å². The summed E-state index contributed by atoms with van der Waals surface area (Å²) < 4.78 is 1.73. The molecule has 0 saturated heterocycles. The summed E-state index contributed by atoms with van der Waals surface area (Å²) in [6.07, 6.45) is 6.04. The minimum Gasteiger partial charge on any atom is -0.324 e. The first kappa shape index (κ1) is 14.7. The van der Waals surface area contributed by atoms with Gasteiger partial charge in [-0.05, 0) is 30.5 Å². The lowest BCUT2D eigenvalue weighted by Gasteiger charge is -2.17. The molecule has 3 N–H and O–H groups in total. The highest BCUT2D eigenvalue weighted by atomic mass is 16.1. The molecule has 3 rings (SSSR count). The monoisotopic (exact) mass is 299 g/mol. The molecule has 2 aromatic rings. The summed E-state index contributed by atoms with van der Waals surface area (Å²) in [5, 5.41) is 7.23. The van der Waals surface area contributed by atoms with E-state index in [0.717, 1.165) is 36.2 Å². The quantitative estimate of drug-likeness (QED) is 0.781. The van der Waals surface area contributed by atoms with Gasteiger partial charge in [-0.25, -0.2) is 0 Å². The number of hydrogen-bond donors (Lipinski definition) is 2. The number of anilines is 1. The van der Waals surface area contributed by atoms with E-state index in [2.05, 4.69) is 15.4 Å². The molecule has 6 nitrogen and oxygen atoms in total. The predicted molar refractivity (Wildman–Crippen MR) is 85.0 cm³/mol. The average Bonchev–Trinajstić information content (AvgIpc) is 2.87. The normalized spacial score (nSPS) is 22.2. The molecule has 116 valence electrons. The second kappa shape index (κ2) is 5.88. The molecule has 0 spiro atoms. The third kappa shape index (κ3) is 2.74. The molecule has 22 heavy (non-hydrogen) atoms. The highest BCUT2D eigenvalue weighted by Crippen LogP contribution is 2.29. The Labute approximate surface area is 129 Å². The number of carbonyl (C=O) groups excluding carboxylic acids is 1. The van der Waals surface area contributed by atoms with Crippen molar-refractivity contribution in [2.45, 2.75) is 32.2 Å². The van der Waals surface area contributed by atoms with Crippen LogP contribution in [-0.2, 0) is 11.8 Å². The van der Waals surface area contributed by atoms with Gasteiger partial charge in [-0.2, -0.15) is 5.10 Å². The Bertz CT molecular complexity index is 694. The zero-order valence-corrected chi connectivity index (χ0v) is 12.9. The van der Waals surface area contributed by atoms with Gasteiger partial charge in [0.25, 0.3) is 0 Å². The molecule has 2 unspecified atom stereocenters. The minimum absolute atomic E-state index is 0.0135. The number of fused-ring (bicyclic) bond motifs is 4. The Hall–Kier alpha value is -2.21. The standard InChI is InChI=1S/C16H21N5O/c1-10-4-3-5-12(17)11-6-7-18-13(8-11)15-14(20-16(10)22)9-19-21(15)2/h6-10,12H,3-5,17H2,1-2H3,(H,20,22). The number of aromatic nitrogens is 3. The Balaban J connectivity index is 2.10. The Morgan fingerprint density at radius 2 is 2.23 bits per heavy atom. The lowest BCUT2D eigenvalue weighted by molar-refractivity contribution is -0.119. The van der Waals surface area contributed by atoms with Crippen LogP contribution in [0, 0.1) is 5.92 Å². The van der Waals surface area contributed by atoms with Crippen LogP contribution in [-0.4, -0.2) is 20.7 Å². The smallest absolute Gasteiger partial charge is 0.227 e. The number of nitrogens with zero attached hydrogens (tertiary/aromatic N) is 3. The lowest BCUT2D eigenvalue weighted by Crippen LogP contribution is -2.21. The number of carbonyl (C=O) groups is 1. The Morgan fingerprint density at radius 1 is 1.41 bits per heavy atom. The molecule has 0 aliphatic carbocycles. The van der Waals surface area contributed by atoms with Crippen LogP contribution in [0.1, 0.15) is 37.8 Å². The van der Waals surface area contributed by atoms with E-state index in [0.29, 0.717) is 5.69 Å². The van der Waals surface area contributed by atoms with E-state index in [-0.39, 0.29) is 17.9 Å². The maximum atomic E-state index is 12.3. The Kier molecular flexibility index (Phi) is 3.94. The van der Waals surface area contributed by atoms with Crippen LogP contribution in [0.15, 0.2) is 24.5 Å². The number of aryl methyl sites for hydroxylation is 1. The van der Waals surface area contributed by atoms with Gasteiger partial charge in [0, 0.05) is 25.2 Å². The van der Waals surface area contributed by atoms with Crippen LogP contribution in [0.3, 0.4) is 0 Å². The summed E-state index contributed by atoms with van der Waals surface area (Å²) in [6, 6.07) is 3.91. The van der Waals surface area contributed by atoms with E-state index >= 15 is 0 Å². The SMILES string of the molecule is CC1CCCC(N)c2ccnc(c2)-c2c(cnn2C)NC1=O. The number of nitrogens with one attached hydrogen (secondary N) is 1. The molecule has 2 bridgehead atoms. The van der Waals surface area contributed by atoms with E-state index in [1.54, 1.807) is 17.1 Å². The zero-order chi connectivity index (χ0) is 15.7. The van der Waals surface area contributed by atoms with Crippen molar-refractivity contribution < 1.29 is 4.79 Å². The molecule has 0 aromatic carbocycles. The third-order valence-electron chi connectivity index (χ3n) is 4.25. The topological polar surface area (TPSA) is 85.8 Å². The zero-order valence-electron chi connectivity index (χ0n) is 12.9. The van der Waals surface area contributed by atoms with E-state index in [9.17, 15) is 4.79 Å². The third-order valence-corrected chi connectivity index (χ3v) is 4.25. The number of amides is 1. The van der Waals surface area contributed by atoms with Crippen molar-refractivity contribution >= 4 is 11.6 Å². The van der Waals surface area contributed by atoms with Crippen molar-refractivity contribution in [1.29, 1.82) is 0 Å². The molecule has 0 fully saturated rings. The number of rotatable bonds is 0. The molecule has 1 amide bonds. The van der Waals surface area contributed by atoms with Crippen molar-refractivity contribution in [3.05, 3.63) is 30.1 Å². The van der Waals surface area contributed by atoms with Gasteiger partial charge in [-0.3, -0.25) is 14.5 Å². The van der Waals surface area contributed by atoms with Gasteiger partial charge < -0.3 is 11.1 Å². The highest BCUT2D eigenvalue weighted by molar-refractivity contribution is 5.95. The van der Waals surface area contributed by atoms with E-state index in [1.807, 2.05) is 26.1 Å². The largest absolute Gasteiger partial charge is 0.324 e. The van der Waals surface area contributed by atoms with Crippen LogP contribution >= 0.6 is 0 Å². The van der Waals surface area contributed by atoms with Gasteiger partial charge in [-0.1, -0.05) is 13.3 Å². The first-order chi connectivity index (χ1) is 10.6. The summed E-state index contributed by atoms with van der Waals surface area (Å²) in [6.45, 7) is 1.94. The number of pyridine rings is 1. The fourth-order valence-electron chi connectivity index (χ4n) is 2.84. The van der Waals surface area contributed by atoms with Crippen molar-refractivity contribution in [2.75, 3.05) is 5.32 Å². The molecular formula is C16H21N5O. The second-order valence-corrected chi connectivity index (χ2v) is 5.93. The van der Waals surface area contributed by atoms with Crippen LogP contribution in [0.2, 0.25) is 0 Å². The van der Waals surface area contributed by atoms with Crippen LogP contribution in [0.5, 0.6) is 0 Å². The number of nitrogens with two attached hydrogens (primary N) is 1. The second-order valence-electron chi connectivity index (χ2n) is 5.93. The summed E-state index contributed by atoms with van der Waals surface area (Å²) >= 11 is 0. The van der Waals surface area contributed by atoms with Crippen molar-refractivity contribution in [3.63, 3.8) is 0 Å². The molecule has 1 aliphatic heterocycles. The van der Waals surface area contributed by atoms with E-state index < -0.39 is 0 Å². The first-order valence-corrected chi connectivity index (χ1v) is 7.61. The highest BCUT2D eigenvalue weighted by Gasteiger charge is 2.20. The molecule has 2 atom stereocenters. The van der Waals surface area contributed by atoms with Crippen molar-refractivity contribution in [3.8, 4) is 11.4 Å². The fraction of sp³-hybridized carbons (Fsp3) is 0.438. The number of hydrogen-bond acceptors (Lipinski definition) is 4. The summed E-state index contributed by atoms with van der Waals surface area (Å²) in [7, 11) is 1.84.